The van der Waals surface area contributed by atoms with Crippen molar-refractivity contribution in [1.82, 2.24) is 0 Å². The van der Waals surface area contributed by atoms with Crippen LogP contribution in [0.3, 0.4) is 0 Å². The van der Waals surface area contributed by atoms with E-state index in [-0.39, 0.29) is 18.3 Å². The van der Waals surface area contributed by atoms with Gasteiger partial charge in [-0.15, -0.1) is 0 Å². The lowest BCUT2D eigenvalue weighted by molar-refractivity contribution is -0.118. The van der Waals surface area contributed by atoms with E-state index >= 15 is 0 Å². The van der Waals surface area contributed by atoms with Crippen LogP contribution in [0.5, 0.6) is 5.75 Å². The van der Waals surface area contributed by atoms with E-state index in [1.54, 1.807) is 0 Å². The summed E-state index contributed by atoms with van der Waals surface area (Å²) in [5, 5.41) is 4.82. The summed E-state index contributed by atoms with van der Waals surface area (Å²) in [4.78, 5) is 11.8. The third-order valence-electron chi connectivity index (χ3n) is 3.22. The Hall–Kier alpha value is -2.88. The Bertz CT molecular complexity index is 800. The van der Waals surface area contributed by atoms with E-state index in [0.29, 0.717) is 11.4 Å². The maximum Gasteiger partial charge on any atom is 0.262 e. The van der Waals surface area contributed by atoms with Gasteiger partial charge in [-0.25, -0.2) is 4.39 Å². The van der Waals surface area contributed by atoms with Gasteiger partial charge in [-0.1, -0.05) is 30.3 Å². The molecule has 0 aliphatic rings. The molecule has 0 aliphatic carbocycles. The average Bonchev–Trinajstić information content (AvgIpc) is 2.55. The van der Waals surface area contributed by atoms with Gasteiger partial charge in [0.1, 0.15) is 11.6 Å². The van der Waals surface area contributed by atoms with Crippen molar-refractivity contribution in [3.63, 3.8) is 0 Å². The molecular weight excluding hydrogens is 281 g/mol. The number of anilines is 1. The average molecular weight is 295 g/mol. The van der Waals surface area contributed by atoms with Crippen molar-refractivity contribution in [3.05, 3.63) is 72.5 Å². The summed E-state index contributed by atoms with van der Waals surface area (Å²) in [6.45, 7) is -0.101. The van der Waals surface area contributed by atoms with Crippen LogP contribution in [0.15, 0.2) is 66.7 Å². The van der Waals surface area contributed by atoms with Crippen molar-refractivity contribution in [2.24, 2.45) is 0 Å². The van der Waals surface area contributed by atoms with E-state index in [4.69, 9.17) is 4.74 Å². The van der Waals surface area contributed by atoms with Crippen molar-refractivity contribution in [2.45, 2.75) is 0 Å². The topological polar surface area (TPSA) is 38.3 Å². The molecule has 0 spiro atoms. The van der Waals surface area contributed by atoms with E-state index in [0.717, 1.165) is 10.8 Å². The number of halogens is 1. The van der Waals surface area contributed by atoms with Crippen molar-refractivity contribution >= 4 is 22.4 Å². The molecule has 3 aromatic rings. The minimum absolute atomic E-state index is 0.101. The van der Waals surface area contributed by atoms with Crippen LogP contribution in [-0.4, -0.2) is 12.5 Å². The fraction of sp³-hybridized carbons (Fsp3) is 0.0556. The summed E-state index contributed by atoms with van der Waals surface area (Å²) >= 11 is 0. The van der Waals surface area contributed by atoms with Gasteiger partial charge >= 0.3 is 0 Å². The van der Waals surface area contributed by atoms with Crippen LogP contribution >= 0.6 is 0 Å². The Morgan fingerprint density at radius 2 is 1.68 bits per heavy atom. The number of rotatable bonds is 4. The van der Waals surface area contributed by atoms with E-state index in [9.17, 15) is 9.18 Å². The first kappa shape index (κ1) is 14.1. The van der Waals surface area contributed by atoms with Gasteiger partial charge in [-0.3, -0.25) is 4.79 Å². The lowest BCUT2D eigenvalue weighted by Gasteiger charge is -2.08. The summed E-state index contributed by atoms with van der Waals surface area (Å²) in [5.41, 5.74) is 0.536. The predicted molar refractivity (Wildman–Crippen MR) is 84.5 cm³/mol. The molecule has 0 aliphatic heterocycles. The molecule has 3 rings (SSSR count). The normalized spacial score (nSPS) is 10.4. The molecule has 110 valence electrons. The zero-order chi connectivity index (χ0) is 15.4. The number of benzene rings is 3. The van der Waals surface area contributed by atoms with Gasteiger partial charge in [-0.2, -0.15) is 0 Å². The standard InChI is InChI=1S/C18H14FNO2/c19-15-6-8-16(9-7-15)20-18(21)12-22-17-10-5-13-3-1-2-4-14(13)11-17/h1-11H,12H2,(H,20,21). The number of nitrogens with one attached hydrogen (secondary N) is 1. The summed E-state index contributed by atoms with van der Waals surface area (Å²) in [7, 11) is 0. The zero-order valence-electron chi connectivity index (χ0n) is 11.8. The third kappa shape index (κ3) is 3.41. The Morgan fingerprint density at radius 1 is 0.955 bits per heavy atom. The van der Waals surface area contributed by atoms with Crippen LogP contribution < -0.4 is 10.1 Å². The number of fused-ring (bicyclic) bond motifs is 1. The molecule has 0 fully saturated rings. The molecule has 0 saturated heterocycles. The largest absolute Gasteiger partial charge is 0.484 e. The predicted octanol–water partition coefficient (Wildman–Crippen LogP) is 4.00. The van der Waals surface area contributed by atoms with Crippen LogP contribution in [0.2, 0.25) is 0 Å². The number of amides is 1. The first-order valence-electron chi connectivity index (χ1n) is 6.88. The Morgan fingerprint density at radius 3 is 2.45 bits per heavy atom. The molecule has 3 aromatic carbocycles. The van der Waals surface area contributed by atoms with Crippen molar-refractivity contribution < 1.29 is 13.9 Å². The second-order valence-electron chi connectivity index (χ2n) is 4.85. The fourth-order valence-corrected chi connectivity index (χ4v) is 2.14. The molecule has 0 aromatic heterocycles. The van der Waals surface area contributed by atoms with Crippen LogP contribution in [0, 0.1) is 5.82 Å². The highest BCUT2D eigenvalue weighted by Gasteiger charge is 2.04. The molecule has 0 atom stereocenters. The summed E-state index contributed by atoms with van der Waals surface area (Å²) < 4.78 is 18.3. The van der Waals surface area contributed by atoms with Gasteiger partial charge in [-0.05, 0) is 47.2 Å². The zero-order valence-corrected chi connectivity index (χ0v) is 11.8. The van der Waals surface area contributed by atoms with E-state index in [1.165, 1.54) is 24.3 Å². The molecule has 0 heterocycles. The Labute approximate surface area is 127 Å². The van der Waals surface area contributed by atoms with Gasteiger partial charge in [0.25, 0.3) is 5.91 Å². The lowest BCUT2D eigenvalue weighted by Crippen LogP contribution is -2.20. The highest BCUT2D eigenvalue weighted by molar-refractivity contribution is 5.92. The van der Waals surface area contributed by atoms with Gasteiger partial charge < -0.3 is 10.1 Å². The molecule has 0 bridgehead atoms. The number of carbonyl (C=O) groups is 1. The molecule has 3 nitrogen and oxygen atoms in total. The molecule has 0 unspecified atom stereocenters. The summed E-state index contributed by atoms with van der Waals surface area (Å²) in [6, 6.07) is 19.2. The number of ether oxygens (including phenoxy) is 1. The highest BCUT2D eigenvalue weighted by Crippen LogP contribution is 2.20. The van der Waals surface area contributed by atoms with Gasteiger partial charge in [0.15, 0.2) is 6.61 Å². The van der Waals surface area contributed by atoms with Gasteiger partial charge in [0.2, 0.25) is 0 Å². The minimum Gasteiger partial charge on any atom is -0.484 e. The number of hydrogen-bond acceptors (Lipinski definition) is 2. The quantitative estimate of drug-likeness (QED) is 0.790. The fourth-order valence-electron chi connectivity index (χ4n) is 2.14. The molecule has 22 heavy (non-hydrogen) atoms. The van der Waals surface area contributed by atoms with Crippen molar-refractivity contribution in [3.8, 4) is 5.75 Å². The van der Waals surface area contributed by atoms with Gasteiger partial charge in [0.05, 0.1) is 0 Å². The molecular formula is C18H14FNO2. The second-order valence-corrected chi connectivity index (χ2v) is 4.85. The first-order chi connectivity index (χ1) is 10.7. The Kier molecular flexibility index (Phi) is 4.01. The monoisotopic (exact) mass is 295 g/mol. The summed E-state index contributed by atoms with van der Waals surface area (Å²) in [6.07, 6.45) is 0. The molecule has 1 amide bonds. The maximum atomic E-state index is 12.8. The van der Waals surface area contributed by atoms with E-state index in [2.05, 4.69) is 5.32 Å². The number of hydrogen-bond donors (Lipinski definition) is 1. The van der Waals surface area contributed by atoms with E-state index in [1.807, 2.05) is 42.5 Å². The second kappa shape index (κ2) is 6.26. The number of carbonyl (C=O) groups excluding carboxylic acids is 1. The van der Waals surface area contributed by atoms with Crippen LogP contribution in [0.25, 0.3) is 10.8 Å². The summed E-state index contributed by atoms with van der Waals surface area (Å²) in [5.74, 6) is -0.00173. The molecule has 1 N–H and O–H groups in total. The lowest BCUT2D eigenvalue weighted by atomic mass is 10.1. The first-order valence-corrected chi connectivity index (χ1v) is 6.88. The molecule has 0 saturated carbocycles. The SMILES string of the molecule is O=C(COc1ccc2ccccc2c1)Nc1ccc(F)cc1. The van der Waals surface area contributed by atoms with Gasteiger partial charge in [0, 0.05) is 5.69 Å². The third-order valence-corrected chi connectivity index (χ3v) is 3.22. The van der Waals surface area contributed by atoms with Crippen molar-refractivity contribution in [2.75, 3.05) is 11.9 Å². The maximum absolute atomic E-state index is 12.8. The van der Waals surface area contributed by atoms with Crippen LogP contribution in [0.4, 0.5) is 10.1 Å². The van der Waals surface area contributed by atoms with Crippen molar-refractivity contribution in [1.29, 1.82) is 0 Å². The van der Waals surface area contributed by atoms with E-state index < -0.39 is 0 Å². The highest BCUT2D eigenvalue weighted by atomic mass is 19.1. The minimum atomic E-state index is -0.342. The molecule has 0 radical (unpaired) electrons. The molecule has 4 heteroatoms. The van der Waals surface area contributed by atoms with Crippen LogP contribution in [0.1, 0.15) is 0 Å². The van der Waals surface area contributed by atoms with Crippen LogP contribution in [-0.2, 0) is 4.79 Å². The smallest absolute Gasteiger partial charge is 0.262 e. The Balaban J connectivity index is 1.60.